The Morgan fingerprint density at radius 3 is 2.45 bits per heavy atom. The van der Waals surface area contributed by atoms with Gasteiger partial charge in [-0.05, 0) is 31.2 Å². The zero-order chi connectivity index (χ0) is 22.7. The molecule has 0 fully saturated rings. The molecule has 7 nitrogen and oxygen atoms in total. The van der Waals surface area contributed by atoms with Crippen LogP contribution in [-0.2, 0) is 9.53 Å². The van der Waals surface area contributed by atoms with E-state index in [1.54, 1.807) is 13.0 Å². The van der Waals surface area contributed by atoms with Gasteiger partial charge >= 0.3 is 0 Å². The van der Waals surface area contributed by atoms with Crippen molar-refractivity contribution in [2.75, 3.05) is 39.3 Å². The molecule has 0 saturated heterocycles. The van der Waals surface area contributed by atoms with Gasteiger partial charge in [0.1, 0.15) is 23.8 Å². The second-order valence-electron chi connectivity index (χ2n) is 6.58. The smallest absolute Gasteiger partial charge is 0.255 e. The van der Waals surface area contributed by atoms with Gasteiger partial charge < -0.3 is 24.1 Å². The van der Waals surface area contributed by atoms with Crippen molar-refractivity contribution in [1.29, 1.82) is 0 Å². The average Bonchev–Trinajstić information content (AvgIpc) is 3.14. The molecule has 1 aromatic heterocycles. The van der Waals surface area contributed by atoms with Crippen molar-refractivity contribution >= 4 is 40.1 Å². The van der Waals surface area contributed by atoms with Crippen LogP contribution in [0.15, 0.2) is 34.7 Å². The summed E-state index contributed by atoms with van der Waals surface area (Å²) in [7, 11) is 4.33. The summed E-state index contributed by atoms with van der Waals surface area (Å²) >= 11 is 6.67. The van der Waals surface area contributed by atoms with Crippen LogP contribution in [0.3, 0.4) is 0 Å². The highest BCUT2D eigenvalue weighted by molar-refractivity contribution is 6.39. The van der Waals surface area contributed by atoms with Crippen molar-refractivity contribution in [2.24, 2.45) is 0 Å². The molecule has 31 heavy (non-hydrogen) atoms. The van der Waals surface area contributed by atoms with E-state index in [9.17, 15) is 14.0 Å². The Labute approximate surface area is 183 Å². The number of amides is 2. The molecule has 1 N–H and O–H groups in total. The highest BCUT2D eigenvalue weighted by atomic mass is 35.5. The summed E-state index contributed by atoms with van der Waals surface area (Å²) in [5.74, 6) is -0.703. The first-order valence-corrected chi connectivity index (χ1v) is 9.85. The Morgan fingerprint density at radius 1 is 1.23 bits per heavy atom. The molecule has 164 valence electrons. The number of fused-ring (bicyclic) bond motifs is 1. The molecule has 9 heteroatoms. The maximum Gasteiger partial charge on any atom is 0.255 e. The first-order chi connectivity index (χ1) is 14.9. The van der Waals surface area contributed by atoms with Gasteiger partial charge in [-0.1, -0.05) is 11.6 Å². The third kappa shape index (κ3) is 4.08. The van der Waals surface area contributed by atoms with Crippen molar-refractivity contribution in [2.45, 2.75) is 6.92 Å². The first kappa shape index (κ1) is 22.6. The summed E-state index contributed by atoms with van der Waals surface area (Å²) in [6.45, 7) is 2.00. The van der Waals surface area contributed by atoms with Gasteiger partial charge in [0.15, 0.2) is 5.75 Å². The Morgan fingerprint density at radius 2 is 1.90 bits per heavy atom. The van der Waals surface area contributed by atoms with Crippen LogP contribution in [0.4, 0.5) is 10.1 Å². The normalized spacial score (nSPS) is 10.9. The van der Waals surface area contributed by atoms with E-state index < -0.39 is 11.7 Å². The molecular weight excluding hydrogens is 427 g/mol. The van der Waals surface area contributed by atoms with E-state index >= 15 is 0 Å². The van der Waals surface area contributed by atoms with Crippen LogP contribution in [0.1, 0.15) is 17.3 Å². The molecule has 0 bridgehead atoms. The highest BCUT2D eigenvalue weighted by Crippen LogP contribution is 2.46. The minimum absolute atomic E-state index is 0.120. The lowest BCUT2D eigenvalue weighted by Crippen LogP contribution is -2.33. The van der Waals surface area contributed by atoms with Gasteiger partial charge in [0, 0.05) is 32.3 Å². The predicted octanol–water partition coefficient (Wildman–Crippen LogP) is 4.26. The fraction of sp³-hybridized carbons (Fsp3) is 0.273. The van der Waals surface area contributed by atoms with E-state index in [0.29, 0.717) is 23.2 Å². The first-order valence-electron chi connectivity index (χ1n) is 9.48. The van der Waals surface area contributed by atoms with Gasteiger partial charge in [-0.15, -0.1) is 0 Å². The highest BCUT2D eigenvalue weighted by Gasteiger charge is 2.29. The Hall–Kier alpha value is -3.10. The number of rotatable bonds is 7. The second kappa shape index (κ2) is 9.36. The van der Waals surface area contributed by atoms with Crippen molar-refractivity contribution in [3.63, 3.8) is 0 Å². The van der Waals surface area contributed by atoms with Crippen LogP contribution in [0.25, 0.3) is 22.3 Å². The number of nitrogens with one attached hydrogen (secondary N) is 1. The topological polar surface area (TPSA) is 81.0 Å². The van der Waals surface area contributed by atoms with E-state index in [1.807, 2.05) is 0 Å². The number of carbonyl (C=O) groups is 2. The molecule has 0 aliphatic heterocycles. The van der Waals surface area contributed by atoms with Crippen molar-refractivity contribution in [3.05, 3.63) is 46.7 Å². The summed E-state index contributed by atoms with van der Waals surface area (Å²) in [5, 5.41) is 3.03. The van der Waals surface area contributed by atoms with Crippen LogP contribution < -0.4 is 15.0 Å². The van der Waals surface area contributed by atoms with Gasteiger partial charge in [-0.3, -0.25) is 9.59 Å². The van der Waals surface area contributed by atoms with E-state index in [4.69, 9.17) is 25.5 Å². The number of benzene rings is 2. The lowest BCUT2D eigenvalue weighted by atomic mass is 10.0. The Balaban J connectivity index is 2.34. The summed E-state index contributed by atoms with van der Waals surface area (Å²) in [6.07, 6.45) is 0. The lowest BCUT2D eigenvalue weighted by molar-refractivity contribution is -0.122. The molecule has 0 aliphatic carbocycles. The van der Waals surface area contributed by atoms with Crippen LogP contribution in [0.2, 0.25) is 5.02 Å². The van der Waals surface area contributed by atoms with E-state index in [1.165, 1.54) is 50.4 Å². The van der Waals surface area contributed by atoms with Crippen LogP contribution in [-0.4, -0.2) is 46.2 Å². The van der Waals surface area contributed by atoms with Crippen LogP contribution in [0, 0.1) is 5.82 Å². The monoisotopic (exact) mass is 448 g/mol. The third-order valence-electron chi connectivity index (χ3n) is 4.80. The molecule has 0 unspecified atom stereocenters. The predicted molar refractivity (Wildman–Crippen MR) is 116 cm³/mol. The Bertz CT molecular complexity index is 1130. The fourth-order valence-electron chi connectivity index (χ4n) is 3.41. The largest absolute Gasteiger partial charge is 0.493 e. The van der Waals surface area contributed by atoms with Crippen molar-refractivity contribution in [1.82, 2.24) is 5.32 Å². The maximum atomic E-state index is 13.4. The lowest BCUT2D eigenvalue weighted by Gasteiger charge is -2.23. The molecule has 0 radical (unpaired) electrons. The Kier molecular flexibility index (Phi) is 6.82. The van der Waals surface area contributed by atoms with Gasteiger partial charge in [-0.2, -0.15) is 0 Å². The number of anilines is 1. The van der Waals surface area contributed by atoms with Crippen LogP contribution in [0.5, 0.6) is 5.75 Å². The van der Waals surface area contributed by atoms with Gasteiger partial charge in [0.2, 0.25) is 0 Å². The SMILES string of the molecule is CCN(C(=O)COC)c1cc2oc(-c3ccc(F)cc3)c(C(=O)NC)c2c(Cl)c1OC. The molecular formula is C22H22ClFN2O5. The molecule has 2 aromatic carbocycles. The standard InChI is InChI=1S/C22H22ClFN2O5/c1-5-26(16(27)11-29-3)14-10-15-17(19(23)21(14)30-4)18(22(28)25-2)20(31-15)12-6-8-13(24)9-7-12/h6-10H,5,11H2,1-4H3,(H,25,28). The van der Waals surface area contributed by atoms with E-state index in [0.717, 1.165) is 0 Å². The molecule has 3 rings (SSSR count). The zero-order valence-corrected chi connectivity index (χ0v) is 18.3. The number of likely N-dealkylation sites (N-methyl/N-ethyl adjacent to an activating group) is 1. The molecule has 0 saturated carbocycles. The number of halogens is 2. The molecule has 1 heterocycles. The zero-order valence-electron chi connectivity index (χ0n) is 17.5. The summed E-state index contributed by atoms with van der Waals surface area (Å²) in [4.78, 5) is 26.7. The number of hydrogen-bond acceptors (Lipinski definition) is 5. The number of carbonyl (C=O) groups excluding carboxylic acids is 2. The van der Waals surface area contributed by atoms with E-state index in [2.05, 4.69) is 5.32 Å². The van der Waals surface area contributed by atoms with Gasteiger partial charge in [0.05, 0.1) is 28.8 Å². The third-order valence-corrected chi connectivity index (χ3v) is 5.16. The minimum Gasteiger partial charge on any atom is -0.493 e. The quantitative estimate of drug-likeness (QED) is 0.584. The summed E-state index contributed by atoms with van der Waals surface area (Å²) in [5.41, 5.74) is 1.34. The molecule has 2 amide bonds. The summed E-state index contributed by atoms with van der Waals surface area (Å²) < 4.78 is 29.9. The number of methoxy groups -OCH3 is 2. The molecule has 0 aliphatic rings. The van der Waals surface area contributed by atoms with Crippen LogP contribution >= 0.6 is 11.6 Å². The van der Waals surface area contributed by atoms with Crippen molar-refractivity contribution < 1.29 is 27.9 Å². The van der Waals surface area contributed by atoms with E-state index in [-0.39, 0.29) is 40.2 Å². The summed E-state index contributed by atoms with van der Waals surface area (Å²) in [6, 6.07) is 7.15. The fourth-order valence-corrected chi connectivity index (χ4v) is 3.77. The second-order valence-corrected chi connectivity index (χ2v) is 6.96. The molecule has 0 spiro atoms. The number of furan rings is 1. The molecule has 0 atom stereocenters. The average molecular weight is 449 g/mol. The maximum absolute atomic E-state index is 13.4. The molecule has 3 aromatic rings. The van der Waals surface area contributed by atoms with Gasteiger partial charge in [-0.25, -0.2) is 4.39 Å². The van der Waals surface area contributed by atoms with Crippen molar-refractivity contribution in [3.8, 4) is 17.1 Å². The number of hydrogen-bond donors (Lipinski definition) is 1. The minimum atomic E-state index is -0.433. The van der Waals surface area contributed by atoms with Gasteiger partial charge in [0.25, 0.3) is 11.8 Å². The number of ether oxygens (including phenoxy) is 2. The number of nitrogens with zero attached hydrogens (tertiary/aromatic N) is 1.